The fourth-order valence-electron chi connectivity index (χ4n) is 3.41. The van der Waals surface area contributed by atoms with Crippen LogP contribution in [0.1, 0.15) is 99.3 Å². The van der Waals surface area contributed by atoms with Gasteiger partial charge in [-0.15, -0.1) is 0 Å². The normalized spacial score (nSPS) is 17.0. The summed E-state index contributed by atoms with van der Waals surface area (Å²) < 4.78 is 0. The molecule has 0 N–H and O–H groups in total. The Morgan fingerprint density at radius 1 is 0.750 bits per heavy atom. The van der Waals surface area contributed by atoms with E-state index in [-0.39, 0.29) is 5.41 Å². The van der Waals surface area contributed by atoms with Crippen molar-refractivity contribution in [2.24, 2.45) is 15.6 Å². The first kappa shape index (κ1) is 22.6. The van der Waals surface area contributed by atoms with Crippen LogP contribution in [0.3, 0.4) is 0 Å². The topological polar surface area (TPSA) is 72.3 Å². The molecule has 0 aromatic heterocycles. The van der Waals surface area contributed by atoms with Crippen LogP contribution in [-0.4, -0.2) is 11.1 Å². The van der Waals surface area contributed by atoms with Gasteiger partial charge in [0.15, 0.2) is 11.1 Å². The van der Waals surface area contributed by atoms with Gasteiger partial charge in [0.2, 0.25) is 0 Å². The summed E-state index contributed by atoms with van der Waals surface area (Å²) in [6.07, 6.45) is 8.82. The van der Waals surface area contributed by atoms with Crippen LogP contribution in [0.25, 0.3) is 0 Å². The van der Waals surface area contributed by atoms with Gasteiger partial charge in [-0.25, -0.2) is 0 Å². The molecule has 0 rings (SSSR count). The Labute approximate surface area is 149 Å². The Hall–Kier alpha value is -1.42. The minimum Gasteiger partial charge on any atom is -0.196 e. The van der Waals surface area contributed by atoms with E-state index >= 15 is 0 Å². The number of hydrogen-bond donors (Lipinski definition) is 0. The summed E-state index contributed by atoms with van der Waals surface area (Å²) in [5, 5.41) is 28.3. The van der Waals surface area contributed by atoms with Crippen molar-refractivity contribution in [1.82, 2.24) is 0 Å². The zero-order chi connectivity index (χ0) is 18.7. The maximum atomic E-state index is 9.96. The van der Waals surface area contributed by atoms with E-state index in [1.807, 2.05) is 20.8 Å². The molecule has 0 saturated heterocycles. The molecule has 2 unspecified atom stereocenters. The number of rotatable bonds is 12. The summed E-state index contributed by atoms with van der Waals surface area (Å²) in [5.41, 5.74) is -1.88. The summed E-state index contributed by atoms with van der Waals surface area (Å²) >= 11 is 0. The smallest absolute Gasteiger partial charge is 0.170 e. The van der Waals surface area contributed by atoms with E-state index in [1.165, 1.54) is 0 Å². The third-order valence-electron chi connectivity index (χ3n) is 5.39. The predicted molar refractivity (Wildman–Crippen MR) is 99.6 cm³/mol. The molecule has 0 aliphatic carbocycles. The lowest BCUT2D eigenvalue weighted by molar-refractivity contribution is 0.126. The van der Waals surface area contributed by atoms with Gasteiger partial charge in [-0.3, -0.25) is 0 Å². The van der Waals surface area contributed by atoms with Gasteiger partial charge in [0.05, 0.1) is 12.1 Å². The molecule has 0 spiro atoms. The van der Waals surface area contributed by atoms with Gasteiger partial charge in [0, 0.05) is 5.41 Å². The first-order valence-electron chi connectivity index (χ1n) is 9.59. The quantitative estimate of drug-likeness (QED) is 0.378. The summed E-state index contributed by atoms with van der Waals surface area (Å²) in [6, 6.07) is 4.72. The van der Waals surface area contributed by atoms with Gasteiger partial charge in [-0.05, 0) is 39.5 Å². The van der Waals surface area contributed by atoms with E-state index in [0.717, 1.165) is 51.4 Å². The van der Waals surface area contributed by atoms with Crippen molar-refractivity contribution in [3.05, 3.63) is 0 Å². The molecular formula is C20H36N4. The average Bonchev–Trinajstić information content (AvgIpc) is 2.60. The molecule has 0 aromatic rings. The molecule has 0 aliphatic rings. The van der Waals surface area contributed by atoms with Crippen molar-refractivity contribution in [2.75, 3.05) is 0 Å². The molecule has 0 aromatic carbocycles. The molecule has 0 bridgehead atoms. The fraction of sp³-hybridized carbons (Fsp3) is 0.900. The van der Waals surface area contributed by atoms with Crippen molar-refractivity contribution in [3.63, 3.8) is 0 Å². The van der Waals surface area contributed by atoms with Crippen molar-refractivity contribution in [2.45, 2.75) is 110 Å². The molecule has 4 heteroatoms. The molecule has 0 saturated carbocycles. The molecule has 24 heavy (non-hydrogen) atoms. The second-order valence-corrected chi connectivity index (χ2v) is 7.36. The minimum absolute atomic E-state index is 0.167. The largest absolute Gasteiger partial charge is 0.196 e. The van der Waals surface area contributed by atoms with Crippen molar-refractivity contribution in [3.8, 4) is 12.1 Å². The fourth-order valence-corrected chi connectivity index (χ4v) is 3.41. The van der Waals surface area contributed by atoms with Crippen LogP contribution in [0.5, 0.6) is 0 Å². The zero-order valence-corrected chi connectivity index (χ0v) is 16.7. The van der Waals surface area contributed by atoms with E-state index < -0.39 is 11.1 Å². The highest BCUT2D eigenvalue weighted by Crippen LogP contribution is 2.47. The van der Waals surface area contributed by atoms with Gasteiger partial charge >= 0.3 is 0 Å². The van der Waals surface area contributed by atoms with E-state index in [4.69, 9.17) is 0 Å². The van der Waals surface area contributed by atoms with Crippen LogP contribution >= 0.6 is 0 Å². The molecule has 0 amide bonds. The number of nitriles is 2. The van der Waals surface area contributed by atoms with Gasteiger partial charge in [-0.1, -0.05) is 59.8 Å². The van der Waals surface area contributed by atoms with E-state index in [0.29, 0.717) is 6.42 Å². The van der Waals surface area contributed by atoms with Crippen molar-refractivity contribution >= 4 is 0 Å². The predicted octanol–water partition coefficient (Wildman–Crippen LogP) is 6.58. The molecule has 0 fully saturated rings. The summed E-state index contributed by atoms with van der Waals surface area (Å²) in [7, 11) is 0. The Morgan fingerprint density at radius 3 is 1.62 bits per heavy atom. The molecule has 0 aliphatic heterocycles. The van der Waals surface area contributed by atoms with Crippen LogP contribution in [0, 0.1) is 28.1 Å². The highest BCUT2D eigenvalue weighted by Gasteiger charge is 2.47. The average molecular weight is 333 g/mol. The summed E-state index contributed by atoms with van der Waals surface area (Å²) in [5.74, 6) is 0. The third kappa shape index (κ3) is 5.59. The molecular weight excluding hydrogens is 296 g/mol. The molecule has 0 radical (unpaired) electrons. The SMILES string of the molecule is CCCCC(CC)(CCCC)C(C)(C#N)N=NC(C)(C#N)CCC. The second-order valence-electron chi connectivity index (χ2n) is 7.36. The number of hydrogen-bond acceptors (Lipinski definition) is 4. The first-order chi connectivity index (χ1) is 11.3. The lowest BCUT2D eigenvalue weighted by atomic mass is 9.64. The Morgan fingerprint density at radius 2 is 1.29 bits per heavy atom. The molecule has 2 atom stereocenters. The summed E-state index contributed by atoms with van der Waals surface area (Å²) in [6.45, 7) is 12.3. The lowest BCUT2D eigenvalue weighted by Gasteiger charge is -2.42. The Bertz CT molecular complexity index is 463. The number of nitrogens with zero attached hydrogens (tertiary/aromatic N) is 4. The van der Waals surface area contributed by atoms with Crippen LogP contribution < -0.4 is 0 Å². The summed E-state index contributed by atoms with van der Waals surface area (Å²) in [4.78, 5) is 0. The molecule has 0 heterocycles. The van der Waals surface area contributed by atoms with Crippen molar-refractivity contribution < 1.29 is 0 Å². The first-order valence-corrected chi connectivity index (χ1v) is 9.59. The second kappa shape index (κ2) is 10.4. The van der Waals surface area contributed by atoms with Gasteiger partial charge in [0.25, 0.3) is 0 Å². The van der Waals surface area contributed by atoms with E-state index in [9.17, 15) is 10.5 Å². The van der Waals surface area contributed by atoms with Crippen LogP contribution in [0.2, 0.25) is 0 Å². The maximum absolute atomic E-state index is 9.96. The number of azo groups is 1. The molecule has 4 nitrogen and oxygen atoms in total. The Balaban J connectivity index is 5.79. The number of unbranched alkanes of at least 4 members (excludes halogenated alkanes) is 2. The zero-order valence-electron chi connectivity index (χ0n) is 16.7. The van der Waals surface area contributed by atoms with E-state index in [1.54, 1.807) is 0 Å². The van der Waals surface area contributed by atoms with Gasteiger partial charge < -0.3 is 0 Å². The van der Waals surface area contributed by atoms with Gasteiger partial charge in [-0.2, -0.15) is 20.8 Å². The lowest BCUT2D eigenvalue weighted by Crippen LogP contribution is -2.43. The maximum Gasteiger partial charge on any atom is 0.170 e. The standard InChI is InChI=1S/C20H36N4/c1-7-11-14-20(10-4,15-12-8-2)19(6,17-22)24-23-18(5,16-21)13-9-3/h7-15H2,1-6H3. The van der Waals surface area contributed by atoms with Crippen LogP contribution in [0.4, 0.5) is 0 Å². The third-order valence-corrected chi connectivity index (χ3v) is 5.39. The van der Waals surface area contributed by atoms with E-state index in [2.05, 4.69) is 43.1 Å². The Kier molecular flexibility index (Phi) is 9.83. The monoisotopic (exact) mass is 332 g/mol. The highest BCUT2D eigenvalue weighted by molar-refractivity contribution is 5.15. The highest BCUT2D eigenvalue weighted by atomic mass is 15.2. The van der Waals surface area contributed by atoms with Gasteiger partial charge in [0.1, 0.15) is 0 Å². The minimum atomic E-state index is -0.877. The van der Waals surface area contributed by atoms with Crippen molar-refractivity contribution in [1.29, 1.82) is 10.5 Å². The van der Waals surface area contributed by atoms with Crippen LogP contribution in [0.15, 0.2) is 10.2 Å². The molecule has 136 valence electrons. The van der Waals surface area contributed by atoms with Crippen LogP contribution in [-0.2, 0) is 0 Å².